The molecule has 0 bridgehead atoms. The van der Waals surface area contributed by atoms with Gasteiger partial charge in [0.2, 0.25) is 11.8 Å². The van der Waals surface area contributed by atoms with Crippen molar-refractivity contribution in [1.82, 2.24) is 9.80 Å². The van der Waals surface area contributed by atoms with Crippen LogP contribution in [-0.4, -0.2) is 54.9 Å². The minimum absolute atomic E-state index is 0.0951. The van der Waals surface area contributed by atoms with Gasteiger partial charge in [0.1, 0.15) is 5.75 Å². The maximum absolute atomic E-state index is 12.6. The number of methoxy groups -OCH3 is 1. The summed E-state index contributed by atoms with van der Waals surface area (Å²) in [7, 11) is 1.62. The second-order valence-electron chi connectivity index (χ2n) is 6.70. The third-order valence-electron chi connectivity index (χ3n) is 4.32. The van der Waals surface area contributed by atoms with Crippen LogP contribution >= 0.6 is 0 Å². The molecule has 1 heterocycles. The number of para-hydroxylation sites is 1. The highest BCUT2D eigenvalue weighted by atomic mass is 16.5. The van der Waals surface area contributed by atoms with E-state index in [0.29, 0.717) is 38.4 Å². The normalized spacial score (nSPS) is 15.3. The second kappa shape index (κ2) is 8.71. The van der Waals surface area contributed by atoms with Gasteiger partial charge in [-0.05, 0) is 18.4 Å². The Hall–Kier alpha value is -2.04. The molecule has 1 aromatic rings. The van der Waals surface area contributed by atoms with Crippen LogP contribution in [0.25, 0.3) is 0 Å². The van der Waals surface area contributed by atoms with Crippen LogP contribution in [0.4, 0.5) is 0 Å². The zero-order chi connectivity index (χ0) is 17.5. The van der Waals surface area contributed by atoms with Crippen LogP contribution in [-0.2, 0) is 16.0 Å². The Bertz CT molecular complexity index is 571. The maximum Gasteiger partial charge on any atom is 0.227 e. The highest BCUT2D eigenvalue weighted by Gasteiger charge is 2.22. The van der Waals surface area contributed by atoms with Crippen molar-refractivity contribution in [3.63, 3.8) is 0 Å². The molecule has 24 heavy (non-hydrogen) atoms. The van der Waals surface area contributed by atoms with Gasteiger partial charge in [-0.1, -0.05) is 32.0 Å². The van der Waals surface area contributed by atoms with Crippen LogP contribution in [0.15, 0.2) is 24.3 Å². The Morgan fingerprint density at radius 3 is 2.29 bits per heavy atom. The Labute approximate surface area is 144 Å². The molecule has 1 saturated heterocycles. The molecular weight excluding hydrogens is 304 g/mol. The van der Waals surface area contributed by atoms with Crippen LogP contribution in [0, 0.1) is 5.92 Å². The van der Waals surface area contributed by atoms with Crippen molar-refractivity contribution in [2.75, 3.05) is 33.3 Å². The quantitative estimate of drug-likeness (QED) is 0.832. The minimum Gasteiger partial charge on any atom is -0.496 e. The van der Waals surface area contributed by atoms with Gasteiger partial charge in [-0.2, -0.15) is 0 Å². The van der Waals surface area contributed by atoms with E-state index in [4.69, 9.17) is 4.74 Å². The van der Waals surface area contributed by atoms with Gasteiger partial charge in [-0.25, -0.2) is 0 Å². The van der Waals surface area contributed by atoms with Crippen LogP contribution in [0.1, 0.15) is 32.3 Å². The first-order valence-corrected chi connectivity index (χ1v) is 8.68. The van der Waals surface area contributed by atoms with Crippen molar-refractivity contribution >= 4 is 11.8 Å². The van der Waals surface area contributed by atoms with E-state index in [-0.39, 0.29) is 11.8 Å². The number of nitrogens with zero attached hydrogens (tertiary/aromatic N) is 2. The first-order valence-electron chi connectivity index (χ1n) is 8.68. The first-order chi connectivity index (χ1) is 11.5. The maximum atomic E-state index is 12.6. The molecule has 0 radical (unpaired) electrons. The van der Waals surface area contributed by atoms with Gasteiger partial charge in [-0.15, -0.1) is 0 Å². The minimum atomic E-state index is 0.0951. The molecule has 132 valence electrons. The van der Waals surface area contributed by atoms with Crippen molar-refractivity contribution in [2.24, 2.45) is 5.92 Å². The van der Waals surface area contributed by atoms with Gasteiger partial charge in [0, 0.05) is 38.2 Å². The monoisotopic (exact) mass is 332 g/mol. The highest BCUT2D eigenvalue weighted by molar-refractivity contribution is 5.80. The SMILES string of the molecule is COc1ccccc1CC(=O)N1CCCN(C(=O)CC(C)C)CC1. The lowest BCUT2D eigenvalue weighted by molar-refractivity contribution is -0.133. The van der Waals surface area contributed by atoms with E-state index in [1.54, 1.807) is 7.11 Å². The van der Waals surface area contributed by atoms with E-state index < -0.39 is 0 Å². The van der Waals surface area contributed by atoms with E-state index in [9.17, 15) is 9.59 Å². The molecule has 2 amide bonds. The molecule has 1 fully saturated rings. The number of carbonyl (C=O) groups excluding carboxylic acids is 2. The summed E-state index contributed by atoms with van der Waals surface area (Å²) in [4.78, 5) is 28.6. The van der Waals surface area contributed by atoms with Crippen LogP contribution < -0.4 is 4.74 Å². The van der Waals surface area contributed by atoms with E-state index >= 15 is 0 Å². The number of hydrogen-bond acceptors (Lipinski definition) is 3. The van der Waals surface area contributed by atoms with Gasteiger partial charge in [0.25, 0.3) is 0 Å². The Balaban J connectivity index is 1.93. The fourth-order valence-electron chi connectivity index (χ4n) is 3.02. The molecule has 0 N–H and O–H groups in total. The average molecular weight is 332 g/mol. The van der Waals surface area contributed by atoms with Gasteiger partial charge in [0.15, 0.2) is 0 Å². The van der Waals surface area contributed by atoms with Crippen molar-refractivity contribution in [3.05, 3.63) is 29.8 Å². The lowest BCUT2D eigenvalue weighted by Crippen LogP contribution is -2.38. The summed E-state index contributed by atoms with van der Waals surface area (Å²) >= 11 is 0. The predicted molar refractivity (Wildman–Crippen MR) is 93.9 cm³/mol. The number of benzene rings is 1. The van der Waals surface area contributed by atoms with E-state index in [2.05, 4.69) is 13.8 Å². The van der Waals surface area contributed by atoms with Crippen molar-refractivity contribution in [1.29, 1.82) is 0 Å². The summed E-state index contributed by atoms with van der Waals surface area (Å²) in [6.07, 6.45) is 1.75. The molecule has 1 aliphatic rings. The Kier molecular flexibility index (Phi) is 6.64. The average Bonchev–Trinajstić information content (AvgIpc) is 2.81. The second-order valence-corrected chi connectivity index (χ2v) is 6.70. The van der Waals surface area contributed by atoms with Crippen LogP contribution in [0.5, 0.6) is 5.75 Å². The molecule has 0 aromatic heterocycles. The zero-order valence-electron chi connectivity index (χ0n) is 15.0. The molecule has 5 nitrogen and oxygen atoms in total. The predicted octanol–water partition coefficient (Wildman–Crippen LogP) is 2.34. The Morgan fingerprint density at radius 1 is 1.04 bits per heavy atom. The standard InChI is InChI=1S/C19H28N2O3/c1-15(2)13-18(22)20-9-6-10-21(12-11-20)19(23)14-16-7-4-5-8-17(16)24-3/h4-5,7-8,15H,6,9-14H2,1-3H3. The van der Waals surface area contributed by atoms with E-state index in [1.165, 1.54) is 0 Å². The summed E-state index contributed by atoms with van der Waals surface area (Å²) in [6, 6.07) is 7.61. The third-order valence-corrected chi connectivity index (χ3v) is 4.32. The summed E-state index contributed by atoms with van der Waals surface area (Å²) in [5.41, 5.74) is 0.905. The number of carbonyl (C=O) groups is 2. The van der Waals surface area contributed by atoms with E-state index in [1.807, 2.05) is 34.1 Å². The van der Waals surface area contributed by atoms with Gasteiger partial charge in [-0.3, -0.25) is 9.59 Å². The lowest BCUT2D eigenvalue weighted by atomic mass is 10.1. The molecule has 1 aromatic carbocycles. The fourth-order valence-corrected chi connectivity index (χ4v) is 3.02. The largest absolute Gasteiger partial charge is 0.496 e. The van der Waals surface area contributed by atoms with Crippen molar-refractivity contribution in [3.8, 4) is 5.75 Å². The Morgan fingerprint density at radius 2 is 1.67 bits per heavy atom. The number of amides is 2. The number of rotatable bonds is 5. The summed E-state index contributed by atoms with van der Waals surface area (Å²) in [6.45, 7) is 6.79. The van der Waals surface area contributed by atoms with Crippen molar-refractivity contribution < 1.29 is 14.3 Å². The summed E-state index contributed by atoms with van der Waals surface area (Å²) in [5.74, 6) is 1.40. The van der Waals surface area contributed by atoms with Crippen molar-refractivity contribution in [2.45, 2.75) is 33.1 Å². The highest BCUT2D eigenvalue weighted by Crippen LogP contribution is 2.19. The molecule has 5 heteroatoms. The first kappa shape index (κ1) is 18.3. The van der Waals surface area contributed by atoms with Gasteiger partial charge < -0.3 is 14.5 Å². The third kappa shape index (κ3) is 4.98. The number of hydrogen-bond donors (Lipinski definition) is 0. The molecule has 1 aliphatic heterocycles. The summed E-state index contributed by atoms with van der Waals surface area (Å²) in [5, 5.41) is 0. The molecule has 0 atom stereocenters. The van der Waals surface area contributed by atoms with Crippen LogP contribution in [0.2, 0.25) is 0 Å². The fraction of sp³-hybridized carbons (Fsp3) is 0.579. The summed E-state index contributed by atoms with van der Waals surface area (Å²) < 4.78 is 5.32. The van der Waals surface area contributed by atoms with Gasteiger partial charge >= 0.3 is 0 Å². The van der Waals surface area contributed by atoms with Crippen LogP contribution in [0.3, 0.4) is 0 Å². The molecular formula is C19H28N2O3. The smallest absolute Gasteiger partial charge is 0.227 e. The molecule has 0 saturated carbocycles. The topological polar surface area (TPSA) is 49.9 Å². The number of ether oxygens (including phenoxy) is 1. The molecule has 0 unspecified atom stereocenters. The zero-order valence-corrected chi connectivity index (χ0v) is 15.0. The van der Waals surface area contributed by atoms with E-state index in [0.717, 1.165) is 24.3 Å². The lowest BCUT2D eigenvalue weighted by Gasteiger charge is -2.23. The molecule has 2 rings (SSSR count). The van der Waals surface area contributed by atoms with Gasteiger partial charge in [0.05, 0.1) is 13.5 Å². The molecule has 0 spiro atoms. The molecule has 0 aliphatic carbocycles.